The van der Waals surface area contributed by atoms with Crippen molar-refractivity contribution in [3.8, 4) is 0 Å². The maximum absolute atomic E-state index is 2.41. The number of hydrogen-bond acceptors (Lipinski definition) is 2. The van der Waals surface area contributed by atoms with Crippen LogP contribution in [-0.2, 0) is 0 Å². The molecular formula is C22H21NS. The number of anilines is 3. The molecule has 1 nitrogen and oxygen atoms in total. The summed E-state index contributed by atoms with van der Waals surface area (Å²) in [5.74, 6) is 0. The number of hydrogen-bond donors (Lipinski definition) is 0. The highest BCUT2D eigenvalue weighted by molar-refractivity contribution is 7.99. The Kier molecular flexibility index (Phi) is 3.65. The van der Waals surface area contributed by atoms with Gasteiger partial charge in [-0.25, -0.2) is 0 Å². The van der Waals surface area contributed by atoms with Gasteiger partial charge in [0.05, 0.1) is 11.4 Å². The van der Waals surface area contributed by atoms with Crippen LogP contribution >= 0.6 is 11.8 Å². The van der Waals surface area contributed by atoms with Crippen molar-refractivity contribution in [2.24, 2.45) is 0 Å². The second-order valence-electron chi connectivity index (χ2n) is 6.56. The molecule has 0 N–H and O–H groups in total. The van der Waals surface area contributed by atoms with Crippen LogP contribution in [0.15, 0.2) is 64.4 Å². The minimum atomic E-state index is 1.23. The van der Waals surface area contributed by atoms with Crippen molar-refractivity contribution in [3.05, 3.63) is 76.9 Å². The summed E-state index contributed by atoms with van der Waals surface area (Å²) < 4.78 is 0. The second-order valence-corrected chi connectivity index (χ2v) is 7.58. The van der Waals surface area contributed by atoms with E-state index < -0.39 is 0 Å². The van der Waals surface area contributed by atoms with Crippen molar-refractivity contribution in [1.29, 1.82) is 0 Å². The van der Waals surface area contributed by atoms with E-state index in [2.05, 4.69) is 87.2 Å². The van der Waals surface area contributed by atoms with Gasteiger partial charge in [0.15, 0.2) is 0 Å². The van der Waals surface area contributed by atoms with Crippen LogP contribution in [0.3, 0.4) is 0 Å². The summed E-state index contributed by atoms with van der Waals surface area (Å²) in [5, 5.41) is 0. The lowest BCUT2D eigenvalue weighted by Gasteiger charge is -2.35. The Morgan fingerprint density at radius 2 is 1.46 bits per heavy atom. The molecular weight excluding hydrogens is 310 g/mol. The average molecular weight is 331 g/mol. The molecule has 0 radical (unpaired) electrons. The van der Waals surface area contributed by atoms with Gasteiger partial charge in [-0.15, -0.1) is 0 Å². The molecule has 0 saturated heterocycles. The van der Waals surface area contributed by atoms with E-state index >= 15 is 0 Å². The Balaban J connectivity index is 2.03. The van der Waals surface area contributed by atoms with Gasteiger partial charge in [-0.2, -0.15) is 0 Å². The third-order valence-electron chi connectivity index (χ3n) is 4.79. The highest BCUT2D eigenvalue weighted by Crippen LogP contribution is 2.53. The lowest BCUT2D eigenvalue weighted by atomic mass is 10.1. The Morgan fingerprint density at radius 3 is 2.25 bits per heavy atom. The smallest absolute Gasteiger partial charge is 0.0604 e. The summed E-state index contributed by atoms with van der Waals surface area (Å²) in [4.78, 5) is 5.15. The van der Waals surface area contributed by atoms with Crippen molar-refractivity contribution >= 4 is 28.8 Å². The van der Waals surface area contributed by atoms with Crippen LogP contribution in [0.4, 0.5) is 17.1 Å². The molecule has 4 rings (SSSR count). The topological polar surface area (TPSA) is 3.24 Å². The van der Waals surface area contributed by atoms with Crippen LogP contribution in [0.1, 0.15) is 22.3 Å². The molecule has 120 valence electrons. The third-order valence-corrected chi connectivity index (χ3v) is 6.25. The lowest BCUT2D eigenvalue weighted by Crippen LogP contribution is -2.16. The van der Waals surface area contributed by atoms with Crippen LogP contribution in [0.5, 0.6) is 0 Å². The van der Waals surface area contributed by atoms with Gasteiger partial charge in [-0.05, 0) is 74.2 Å². The molecule has 1 aliphatic rings. The van der Waals surface area contributed by atoms with Gasteiger partial charge in [0.1, 0.15) is 0 Å². The minimum absolute atomic E-state index is 1.23. The Labute approximate surface area is 148 Å². The molecule has 3 aromatic carbocycles. The zero-order chi connectivity index (χ0) is 16.8. The second kappa shape index (κ2) is 5.71. The van der Waals surface area contributed by atoms with Gasteiger partial charge >= 0.3 is 0 Å². The molecule has 0 fully saturated rings. The molecule has 0 unspecified atom stereocenters. The number of benzene rings is 3. The molecule has 3 aromatic rings. The number of fused-ring (bicyclic) bond motifs is 2. The van der Waals surface area contributed by atoms with E-state index in [4.69, 9.17) is 0 Å². The molecule has 0 amide bonds. The fourth-order valence-electron chi connectivity index (χ4n) is 3.30. The lowest BCUT2D eigenvalue weighted by molar-refractivity contribution is 1.10. The summed E-state index contributed by atoms with van der Waals surface area (Å²) in [7, 11) is 0. The molecule has 24 heavy (non-hydrogen) atoms. The summed E-state index contributed by atoms with van der Waals surface area (Å²) in [6, 6.07) is 19.9. The molecule has 1 heterocycles. The molecule has 2 heteroatoms. The monoisotopic (exact) mass is 331 g/mol. The van der Waals surface area contributed by atoms with E-state index in [1.54, 1.807) is 0 Å². The van der Waals surface area contributed by atoms with Crippen molar-refractivity contribution in [3.63, 3.8) is 0 Å². The maximum atomic E-state index is 2.41. The Bertz CT molecular complexity index is 943. The van der Waals surface area contributed by atoms with Crippen LogP contribution < -0.4 is 4.90 Å². The van der Waals surface area contributed by atoms with Gasteiger partial charge in [-0.3, -0.25) is 0 Å². The van der Waals surface area contributed by atoms with Gasteiger partial charge in [0.25, 0.3) is 0 Å². The highest BCUT2D eigenvalue weighted by atomic mass is 32.2. The normalized spacial score (nSPS) is 12.8. The predicted octanol–water partition coefficient (Wildman–Crippen LogP) is 6.85. The van der Waals surface area contributed by atoms with E-state index in [9.17, 15) is 0 Å². The van der Waals surface area contributed by atoms with Crippen molar-refractivity contribution < 1.29 is 0 Å². The largest absolute Gasteiger partial charge is 0.308 e. The first kappa shape index (κ1) is 15.3. The van der Waals surface area contributed by atoms with Gasteiger partial charge in [0, 0.05) is 15.5 Å². The molecule has 0 saturated carbocycles. The van der Waals surface area contributed by atoms with E-state index in [0.717, 1.165) is 0 Å². The number of rotatable bonds is 1. The first-order chi connectivity index (χ1) is 11.6. The molecule has 0 bridgehead atoms. The molecule has 1 aliphatic heterocycles. The average Bonchev–Trinajstić information content (AvgIpc) is 2.57. The highest BCUT2D eigenvalue weighted by Gasteiger charge is 2.27. The Hall–Kier alpha value is -2.19. The summed E-state index contributed by atoms with van der Waals surface area (Å²) >= 11 is 1.91. The number of nitrogens with zero attached hydrogens (tertiary/aromatic N) is 1. The quantitative estimate of drug-likeness (QED) is 0.375. The van der Waals surface area contributed by atoms with Crippen LogP contribution in [0.2, 0.25) is 0 Å². The number of aryl methyl sites for hydroxylation is 3. The van der Waals surface area contributed by atoms with E-state index in [1.165, 1.54) is 49.1 Å². The summed E-state index contributed by atoms with van der Waals surface area (Å²) in [6.07, 6.45) is 0. The standard InChI is InChI=1S/C22H21NS/c1-14-7-5-9-18(13-14)23-19-10-6-8-16(3)21(19)24-22-17(4)15(2)11-12-20(22)23/h5-13H,1-4H3. The van der Waals surface area contributed by atoms with Crippen molar-refractivity contribution in [2.75, 3.05) is 4.90 Å². The molecule has 0 aromatic heterocycles. The first-order valence-electron chi connectivity index (χ1n) is 8.31. The fourth-order valence-corrected chi connectivity index (χ4v) is 4.58. The first-order valence-corrected chi connectivity index (χ1v) is 9.12. The SMILES string of the molecule is Cc1cccc(N2c3cccc(C)c3Sc3c2ccc(C)c3C)c1. The third kappa shape index (κ3) is 2.33. The maximum Gasteiger partial charge on any atom is 0.0604 e. The predicted molar refractivity (Wildman–Crippen MR) is 104 cm³/mol. The van der Waals surface area contributed by atoms with Gasteiger partial charge in [-0.1, -0.05) is 42.1 Å². The van der Waals surface area contributed by atoms with E-state index in [1.807, 2.05) is 11.8 Å². The van der Waals surface area contributed by atoms with E-state index in [-0.39, 0.29) is 0 Å². The summed E-state index contributed by atoms with van der Waals surface area (Å²) in [6.45, 7) is 8.79. The van der Waals surface area contributed by atoms with E-state index in [0.29, 0.717) is 0 Å². The molecule has 0 atom stereocenters. The van der Waals surface area contributed by atoms with Crippen LogP contribution in [0.25, 0.3) is 0 Å². The van der Waals surface area contributed by atoms with Crippen LogP contribution in [-0.4, -0.2) is 0 Å². The van der Waals surface area contributed by atoms with Crippen LogP contribution in [0, 0.1) is 27.7 Å². The van der Waals surface area contributed by atoms with Gasteiger partial charge in [0.2, 0.25) is 0 Å². The van der Waals surface area contributed by atoms with Crippen molar-refractivity contribution in [1.82, 2.24) is 0 Å². The van der Waals surface area contributed by atoms with Gasteiger partial charge < -0.3 is 4.90 Å². The Morgan fingerprint density at radius 1 is 0.708 bits per heavy atom. The summed E-state index contributed by atoms with van der Waals surface area (Å²) in [5.41, 5.74) is 9.14. The zero-order valence-corrected chi connectivity index (χ0v) is 15.4. The molecule has 0 aliphatic carbocycles. The molecule has 0 spiro atoms. The zero-order valence-electron chi connectivity index (χ0n) is 14.6. The van der Waals surface area contributed by atoms with Crippen molar-refractivity contribution in [2.45, 2.75) is 37.5 Å². The fraction of sp³-hybridized carbons (Fsp3) is 0.182. The minimum Gasteiger partial charge on any atom is -0.308 e.